The summed E-state index contributed by atoms with van der Waals surface area (Å²) in [7, 11) is 0. The molecule has 0 fully saturated rings. The normalized spacial score (nSPS) is 10.7. The molecule has 1 aromatic heterocycles. The number of nitrogens with zero attached hydrogens (tertiary/aromatic N) is 1. The summed E-state index contributed by atoms with van der Waals surface area (Å²) in [6.45, 7) is 0.861. The SMILES string of the molecule is O=C(NCCOCCO)c1ccc2cc(F)ccc2n1. The van der Waals surface area contributed by atoms with Gasteiger partial charge in [-0.3, -0.25) is 4.79 Å². The van der Waals surface area contributed by atoms with Crippen LogP contribution in [0.25, 0.3) is 10.9 Å². The molecule has 0 radical (unpaired) electrons. The number of nitrogens with one attached hydrogen (secondary N) is 1. The van der Waals surface area contributed by atoms with Gasteiger partial charge < -0.3 is 15.2 Å². The molecule has 1 amide bonds. The number of aliphatic hydroxyl groups is 1. The Hall–Kier alpha value is -2.05. The maximum Gasteiger partial charge on any atom is 0.269 e. The lowest BCUT2D eigenvalue weighted by molar-refractivity contribution is 0.0835. The molecule has 6 heteroatoms. The molecule has 0 atom stereocenters. The number of carbonyl (C=O) groups is 1. The first-order valence-corrected chi connectivity index (χ1v) is 6.24. The molecule has 0 saturated heterocycles. The molecule has 1 heterocycles. The number of halogens is 1. The van der Waals surface area contributed by atoms with Gasteiger partial charge in [0.05, 0.1) is 25.3 Å². The van der Waals surface area contributed by atoms with Crippen LogP contribution in [0.2, 0.25) is 0 Å². The van der Waals surface area contributed by atoms with Crippen molar-refractivity contribution in [2.24, 2.45) is 0 Å². The van der Waals surface area contributed by atoms with Crippen molar-refractivity contribution < 1.29 is 19.0 Å². The van der Waals surface area contributed by atoms with Crippen molar-refractivity contribution in [3.63, 3.8) is 0 Å². The molecule has 2 N–H and O–H groups in total. The van der Waals surface area contributed by atoms with Crippen LogP contribution in [0, 0.1) is 5.82 Å². The summed E-state index contributed by atoms with van der Waals surface area (Å²) in [6, 6.07) is 7.41. The Morgan fingerprint density at radius 2 is 2.15 bits per heavy atom. The number of hydrogen-bond acceptors (Lipinski definition) is 4. The van der Waals surface area contributed by atoms with E-state index in [1.54, 1.807) is 12.1 Å². The maximum atomic E-state index is 13.0. The van der Waals surface area contributed by atoms with E-state index in [0.29, 0.717) is 24.1 Å². The van der Waals surface area contributed by atoms with Crippen LogP contribution in [-0.2, 0) is 4.74 Å². The first kappa shape index (κ1) is 14.4. The zero-order valence-corrected chi connectivity index (χ0v) is 10.8. The van der Waals surface area contributed by atoms with Gasteiger partial charge in [-0.05, 0) is 24.3 Å². The summed E-state index contributed by atoms with van der Waals surface area (Å²) in [4.78, 5) is 16.0. The number of aromatic nitrogens is 1. The molecule has 106 valence electrons. The number of rotatable bonds is 6. The largest absolute Gasteiger partial charge is 0.394 e. The van der Waals surface area contributed by atoms with Gasteiger partial charge in [0.1, 0.15) is 11.5 Å². The number of ether oxygens (including phenoxy) is 1. The van der Waals surface area contributed by atoms with Crippen molar-refractivity contribution in [2.75, 3.05) is 26.4 Å². The lowest BCUT2D eigenvalue weighted by atomic mass is 10.2. The fourth-order valence-corrected chi connectivity index (χ4v) is 1.72. The van der Waals surface area contributed by atoms with E-state index in [2.05, 4.69) is 10.3 Å². The molecule has 0 spiro atoms. The standard InChI is InChI=1S/C14H15FN2O3/c15-11-2-4-12-10(9-11)1-3-13(17-12)14(19)16-5-7-20-8-6-18/h1-4,9,18H,5-8H2,(H,16,19). The monoisotopic (exact) mass is 278 g/mol. The maximum absolute atomic E-state index is 13.0. The number of aliphatic hydroxyl groups excluding tert-OH is 1. The molecule has 0 bridgehead atoms. The van der Waals surface area contributed by atoms with Crippen LogP contribution in [0.4, 0.5) is 4.39 Å². The molecule has 20 heavy (non-hydrogen) atoms. The zero-order valence-electron chi connectivity index (χ0n) is 10.8. The van der Waals surface area contributed by atoms with Crippen molar-refractivity contribution >= 4 is 16.8 Å². The Bertz CT molecular complexity index is 604. The summed E-state index contributed by atoms with van der Waals surface area (Å²) in [6.07, 6.45) is 0. The van der Waals surface area contributed by atoms with Crippen LogP contribution in [0.5, 0.6) is 0 Å². The van der Waals surface area contributed by atoms with E-state index in [0.717, 1.165) is 0 Å². The molecule has 2 aromatic rings. The minimum atomic E-state index is -0.336. The minimum absolute atomic E-state index is 0.0449. The highest BCUT2D eigenvalue weighted by Crippen LogP contribution is 2.14. The van der Waals surface area contributed by atoms with Gasteiger partial charge in [-0.15, -0.1) is 0 Å². The summed E-state index contributed by atoms with van der Waals surface area (Å²) < 4.78 is 18.1. The van der Waals surface area contributed by atoms with Gasteiger partial charge in [0.25, 0.3) is 5.91 Å². The summed E-state index contributed by atoms with van der Waals surface area (Å²) in [5.74, 6) is -0.652. The number of pyridine rings is 1. The van der Waals surface area contributed by atoms with E-state index in [1.807, 2.05) is 0 Å². The molecular formula is C14H15FN2O3. The molecular weight excluding hydrogens is 263 g/mol. The van der Waals surface area contributed by atoms with Gasteiger partial charge in [0.15, 0.2) is 0 Å². The molecule has 0 unspecified atom stereocenters. The van der Waals surface area contributed by atoms with Gasteiger partial charge >= 0.3 is 0 Å². The Kier molecular flexibility index (Phi) is 4.97. The highest BCUT2D eigenvalue weighted by Gasteiger charge is 2.07. The average molecular weight is 278 g/mol. The van der Waals surface area contributed by atoms with Gasteiger partial charge in [-0.2, -0.15) is 0 Å². The average Bonchev–Trinajstić information content (AvgIpc) is 2.46. The van der Waals surface area contributed by atoms with Gasteiger partial charge in [-0.25, -0.2) is 9.37 Å². The number of carbonyl (C=O) groups excluding carboxylic acids is 1. The van der Waals surface area contributed by atoms with Gasteiger partial charge in [0, 0.05) is 11.9 Å². The fourth-order valence-electron chi connectivity index (χ4n) is 1.72. The number of benzene rings is 1. The third kappa shape index (κ3) is 3.72. The predicted molar refractivity (Wildman–Crippen MR) is 71.9 cm³/mol. The Morgan fingerprint density at radius 3 is 2.95 bits per heavy atom. The topological polar surface area (TPSA) is 71.5 Å². The zero-order chi connectivity index (χ0) is 14.4. The Labute approximate surface area is 115 Å². The molecule has 1 aromatic carbocycles. The third-order valence-corrected chi connectivity index (χ3v) is 2.65. The van der Waals surface area contributed by atoms with Gasteiger partial charge in [0.2, 0.25) is 0 Å². The summed E-state index contributed by atoms with van der Waals surface area (Å²) in [5, 5.41) is 11.8. The second-order valence-corrected chi connectivity index (χ2v) is 4.13. The number of fused-ring (bicyclic) bond motifs is 1. The van der Waals surface area contributed by atoms with E-state index >= 15 is 0 Å². The second-order valence-electron chi connectivity index (χ2n) is 4.13. The molecule has 0 aliphatic carbocycles. The molecule has 0 saturated carbocycles. The highest BCUT2D eigenvalue weighted by atomic mass is 19.1. The first-order valence-electron chi connectivity index (χ1n) is 6.24. The second kappa shape index (κ2) is 6.93. The van der Waals surface area contributed by atoms with Crippen molar-refractivity contribution in [1.29, 1.82) is 0 Å². The lowest BCUT2D eigenvalue weighted by Gasteiger charge is -2.06. The minimum Gasteiger partial charge on any atom is -0.394 e. The predicted octanol–water partition coefficient (Wildman–Crippen LogP) is 1.11. The molecule has 0 aliphatic heterocycles. The van der Waals surface area contributed by atoms with Gasteiger partial charge in [-0.1, -0.05) is 6.07 Å². The smallest absolute Gasteiger partial charge is 0.269 e. The van der Waals surface area contributed by atoms with Crippen LogP contribution < -0.4 is 5.32 Å². The quantitative estimate of drug-likeness (QED) is 0.777. The van der Waals surface area contributed by atoms with E-state index in [4.69, 9.17) is 9.84 Å². The fraction of sp³-hybridized carbons (Fsp3) is 0.286. The van der Waals surface area contributed by atoms with Crippen LogP contribution in [0.15, 0.2) is 30.3 Å². The third-order valence-electron chi connectivity index (χ3n) is 2.65. The summed E-state index contributed by atoms with van der Waals surface area (Å²) >= 11 is 0. The van der Waals surface area contributed by atoms with E-state index in [9.17, 15) is 9.18 Å². The van der Waals surface area contributed by atoms with Crippen molar-refractivity contribution in [1.82, 2.24) is 10.3 Å². The Balaban J connectivity index is 1.98. The van der Waals surface area contributed by atoms with Crippen LogP contribution >= 0.6 is 0 Å². The Morgan fingerprint density at radius 1 is 1.30 bits per heavy atom. The van der Waals surface area contributed by atoms with E-state index in [-0.39, 0.29) is 30.6 Å². The molecule has 2 rings (SSSR count). The van der Waals surface area contributed by atoms with Crippen molar-refractivity contribution in [3.05, 3.63) is 41.8 Å². The first-order chi connectivity index (χ1) is 9.70. The van der Waals surface area contributed by atoms with E-state index in [1.165, 1.54) is 18.2 Å². The van der Waals surface area contributed by atoms with Crippen molar-refractivity contribution in [2.45, 2.75) is 0 Å². The van der Waals surface area contributed by atoms with E-state index < -0.39 is 0 Å². The van der Waals surface area contributed by atoms with Crippen LogP contribution in [0.3, 0.4) is 0 Å². The lowest BCUT2D eigenvalue weighted by Crippen LogP contribution is -2.28. The summed E-state index contributed by atoms with van der Waals surface area (Å²) in [5.41, 5.74) is 0.835. The number of amides is 1. The number of hydrogen-bond donors (Lipinski definition) is 2. The van der Waals surface area contributed by atoms with Crippen molar-refractivity contribution in [3.8, 4) is 0 Å². The molecule has 0 aliphatic rings. The highest BCUT2D eigenvalue weighted by molar-refractivity contribution is 5.94. The molecule has 5 nitrogen and oxygen atoms in total. The van der Waals surface area contributed by atoms with Crippen LogP contribution in [0.1, 0.15) is 10.5 Å². The van der Waals surface area contributed by atoms with Crippen LogP contribution in [-0.4, -0.2) is 42.4 Å².